The molecule has 0 radical (unpaired) electrons. The van der Waals surface area contributed by atoms with E-state index in [9.17, 15) is 10.1 Å². The van der Waals surface area contributed by atoms with Crippen molar-refractivity contribution in [2.45, 2.75) is 33.0 Å². The van der Waals surface area contributed by atoms with Crippen LogP contribution in [0.15, 0.2) is 46.8 Å². The molecule has 1 aliphatic carbocycles. The maximum absolute atomic E-state index is 12.7. The summed E-state index contributed by atoms with van der Waals surface area (Å²) in [5.74, 6) is -0.692. The minimum Gasteiger partial charge on any atom is -0.497 e. The minimum absolute atomic E-state index is 0.0205. The van der Waals surface area contributed by atoms with E-state index in [1.807, 2.05) is 12.2 Å². The van der Waals surface area contributed by atoms with E-state index in [1.165, 1.54) is 0 Å². The Hall–Kier alpha value is -2.72. The van der Waals surface area contributed by atoms with Crippen molar-refractivity contribution < 1.29 is 23.7 Å². The maximum atomic E-state index is 12.7. The molecule has 0 aromatic rings. The zero-order valence-corrected chi connectivity index (χ0v) is 15.6. The van der Waals surface area contributed by atoms with Crippen molar-refractivity contribution >= 4 is 5.97 Å². The second-order valence-corrected chi connectivity index (χ2v) is 6.30. The molecule has 0 fully saturated rings. The zero-order chi connectivity index (χ0) is 19.4. The molecule has 0 amide bonds. The SMILES string of the molecule is COC1=CC(C2C(C#N)=C(N)OC(C)=C2C(=O)OC(C)C)C(OC)C=C1. The lowest BCUT2D eigenvalue weighted by Crippen LogP contribution is -2.37. The van der Waals surface area contributed by atoms with Crippen LogP contribution in [0, 0.1) is 23.2 Å². The average molecular weight is 360 g/mol. The standard InChI is InChI=1S/C19H24N2O5/c1-10(2)25-19(22)16-11(3)26-18(21)14(9-20)17(16)13-8-12(23-4)6-7-15(13)24-5/h6-8,10,13,15,17H,21H2,1-5H3. The summed E-state index contributed by atoms with van der Waals surface area (Å²) < 4.78 is 21.7. The molecule has 3 unspecified atom stereocenters. The molecule has 2 aliphatic rings. The van der Waals surface area contributed by atoms with E-state index in [0.717, 1.165) is 0 Å². The molecule has 0 aromatic carbocycles. The Morgan fingerprint density at radius 1 is 1.38 bits per heavy atom. The Bertz CT molecular complexity index is 740. The molecule has 0 aromatic heterocycles. The first-order valence-electron chi connectivity index (χ1n) is 8.30. The van der Waals surface area contributed by atoms with Crippen LogP contribution in [0.5, 0.6) is 0 Å². The first-order valence-corrected chi connectivity index (χ1v) is 8.30. The summed E-state index contributed by atoms with van der Waals surface area (Å²) in [7, 11) is 3.11. The molecule has 0 saturated carbocycles. The number of carbonyl (C=O) groups excluding carboxylic acids is 1. The molecule has 2 rings (SSSR count). The zero-order valence-electron chi connectivity index (χ0n) is 15.6. The fraction of sp³-hybridized carbons (Fsp3) is 0.474. The Balaban J connectivity index is 2.58. The molecule has 1 heterocycles. The predicted octanol–water partition coefficient (Wildman–Crippen LogP) is 2.28. The molecule has 0 saturated heterocycles. The van der Waals surface area contributed by atoms with Crippen LogP contribution in [0.2, 0.25) is 0 Å². The highest BCUT2D eigenvalue weighted by molar-refractivity contribution is 5.91. The Morgan fingerprint density at radius 3 is 2.62 bits per heavy atom. The number of carbonyl (C=O) groups is 1. The number of nitriles is 1. The quantitative estimate of drug-likeness (QED) is 0.750. The van der Waals surface area contributed by atoms with Crippen molar-refractivity contribution in [3.8, 4) is 6.07 Å². The minimum atomic E-state index is -0.667. The van der Waals surface area contributed by atoms with Gasteiger partial charge in [0.15, 0.2) is 0 Å². The average Bonchev–Trinajstić information content (AvgIpc) is 2.59. The Kier molecular flexibility index (Phi) is 6.11. The first kappa shape index (κ1) is 19.6. The van der Waals surface area contributed by atoms with Crippen LogP contribution >= 0.6 is 0 Å². The topological polar surface area (TPSA) is 104 Å². The van der Waals surface area contributed by atoms with Gasteiger partial charge in [0.2, 0.25) is 5.88 Å². The van der Waals surface area contributed by atoms with E-state index >= 15 is 0 Å². The number of nitrogens with zero attached hydrogens (tertiary/aromatic N) is 1. The highest BCUT2D eigenvalue weighted by Crippen LogP contribution is 2.41. The molecular formula is C19H24N2O5. The van der Waals surface area contributed by atoms with Gasteiger partial charge < -0.3 is 24.7 Å². The van der Waals surface area contributed by atoms with Crippen molar-refractivity contribution in [1.82, 2.24) is 0 Å². The molecule has 140 valence electrons. The summed E-state index contributed by atoms with van der Waals surface area (Å²) in [4.78, 5) is 12.7. The summed E-state index contributed by atoms with van der Waals surface area (Å²) in [6, 6.07) is 2.08. The Morgan fingerprint density at radius 2 is 2.08 bits per heavy atom. The van der Waals surface area contributed by atoms with E-state index in [2.05, 4.69) is 6.07 Å². The van der Waals surface area contributed by atoms with Gasteiger partial charge in [0, 0.05) is 18.9 Å². The lowest BCUT2D eigenvalue weighted by Gasteiger charge is -2.35. The third-order valence-electron chi connectivity index (χ3n) is 4.29. The van der Waals surface area contributed by atoms with Crippen LogP contribution in [-0.2, 0) is 23.7 Å². The van der Waals surface area contributed by atoms with Crippen molar-refractivity contribution in [3.63, 3.8) is 0 Å². The van der Waals surface area contributed by atoms with E-state index in [0.29, 0.717) is 11.5 Å². The number of allylic oxidation sites excluding steroid dienone is 3. The summed E-state index contributed by atoms with van der Waals surface area (Å²) in [5.41, 5.74) is 6.36. The second kappa shape index (κ2) is 8.11. The van der Waals surface area contributed by atoms with Gasteiger partial charge in [-0.15, -0.1) is 0 Å². The van der Waals surface area contributed by atoms with Gasteiger partial charge in [-0.3, -0.25) is 0 Å². The number of methoxy groups -OCH3 is 2. The van der Waals surface area contributed by atoms with Gasteiger partial charge in [-0.2, -0.15) is 5.26 Å². The van der Waals surface area contributed by atoms with E-state index < -0.39 is 11.9 Å². The molecule has 3 atom stereocenters. The fourth-order valence-electron chi connectivity index (χ4n) is 3.17. The largest absolute Gasteiger partial charge is 0.497 e. The Labute approximate surface area is 153 Å². The van der Waals surface area contributed by atoms with Crippen LogP contribution in [-0.4, -0.2) is 32.4 Å². The number of hydrogen-bond donors (Lipinski definition) is 1. The first-order chi connectivity index (χ1) is 12.3. The van der Waals surface area contributed by atoms with Gasteiger partial charge in [-0.05, 0) is 32.9 Å². The molecule has 0 bridgehead atoms. The normalized spacial score (nSPS) is 25.6. The third-order valence-corrected chi connectivity index (χ3v) is 4.29. The maximum Gasteiger partial charge on any atom is 0.338 e. The monoisotopic (exact) mass is 360 g/mol. The van der Waals surface area contributed by atoms with Gasteiger partial charge in [0.05, 0.1) is 30.5 Å². The van der Waals surface area contributed by atoms with E-state index in [-0.39, 0.29) is 35.2 Å². The fourth-order valence-corrected chi connectivity index (χ4v) is 3.17. The van der Waals surface area contributed by atoms with Gasteiger partial charge >= 0.3 is 5.97 Å². The summed E-state index contributed by atoms with van der Waals surface area (Å²) >= 11 is 0. The second-order valence-electron chi connectivity index (χ2n) is 6.30. The number of nitrogens with two attached hydrogens (primary N) is 1. The van der Waals surface area contributed by atoms with Crippen molar-refractivity contribution in [2.24, 2.45) is 17.6 Å². The summed E-state index contributed by atoms with van der Waals surface area (Å²) in [6.07, 6.45) is 4.75. The van der Waals surface area contributed by atoms with Crippen molar-refractivity contribution in [3.05, 3.63) is 46.8 Å². The lowest BCUT2D eigenvalue weighted by molar-refractivity contribution is -0.143. The lowest BCUT2D eigenvalue weighted by atomic mass is 9.74. The van der Waals surface area contributed by atoms with Gasteiger partial charge in [0.25, 0.3) is 0 Å². The van der Waals surface area contributed by atoms with Crippen LogP contribution in [0.25, 0.3) is 0 Å². The summed E-state index contributed by atoms with van der Waals surface area (Å²) in [6.45, 7) is 5.14. The molecule has 7 nitrogen and oxygen atoms in total. The van der Waals surface area contributed by atoms with Gasteiger partial charge in [0.1, 0.15) is 17.6 Å². The van der Waals surface area contributed by atoms with Crippen molar-refractivity contribution in [2.75, 3.05) is 14.2 Å². The molecule has 26 heavy (non-hydrogen) atoms. The number of esters is 1. The van der Waals surface area contributed by atoms with E-state index in [1.54, 1.807) is 41.1 Å². The molecule has 7 heteroatoms. The van der Waals surface area contributed by atoms with Crippen LogP contribution in [0.4, 0.5) is 0 Å². The van der Waals surface area contributed by atoms with Crippen LogP contribution in [0.3, 0.4) is 0 Å². The van der Waals surface area contributed by atoms with E-state index in [4.69, 9.17) is 24.7 Å². The highest BCUT2D eigenvalue weighted by atomic mass is 16.5. The van der Waals surface area contributed by atoms with Gasteiger partial charge in [-0.1, -0.05) is 6.08 Å². The molecule has 1 aliphatic heterocycles. The highest BCUT2D eigenvalue weighted by Gasteiger charge is 2.43. The van der Waals surface area contributed by atoms with Crippen molar-refractivity contribution in [1.29, 1.82) is 5.26 Å². The van der Waals surface area contributed by atoms with Gasteiger partial charge in [-0.25, -0.2) is 4.79 Å². The predicted molar refractivity (Wildman–Crippen MR) is 93.8 cm³/mol. The smallest absolute Gasteiger partial charge is 0.338 e. The number of rotatable bonds is 5. The third kappa shape index (κ3) is 3.75. The molecule has 0 spiro atoms. The molecular weight excluding hydrogens is 336 g/mol. The number of ether oxygens (including phenoxy) is 4. The molecule has 2 N–H and O–H groups in total. The summed E-state index contributed by atoms with van der Waals surface area (Å²) in [5, 5.41) is 9.66. The van der Waals surface area contributed by atoms with Crippen LogP contribution < -0.4 is 5.73 Å². The number of hydrogen-bond acceptors (Lipinski definition) is 7. The van der Waals surface area contributed by atoms with Crippen LogP contribution in [0.1, 0.15) is 20.8 Å².